The highest BCUT2D eigenvalue weighted by atomic mass is 32.2. The molecule has 47 heteroatoms. The predicted octanol–water partition coefficient (Wildman–Crippen LogP) is 12.2. The summed E-state index contributed by atoms with van der Waals surface area (Å²) in [6, 6.07) is 19.8. The van der Waals surface area contributed by atoms with E-state index in [4.69, 9.17) is 35.6 Å². The normalized spacial score (nSPS) is 18.6. The number of nitrogens with one attached hydrogen (secondary N) is 4. The third-order valence-corrected chi connectivity index (χ3v) is 28.4. The minimum absolute atomic E-state index is 0.0336. The van der Waals surface area contributed by atoms with Gasteiger partial charge in [0.15, 0.2) is 20.1 Å². The van der Waals surface area contributed by atoms with Crippen molar-refractivity contribution in [3.63, 3.8) is 0 Å². The van der Waals surface area contributed by atoms with Gasteiger partial charge in [0.25, 0.3) is 40.1 Å². The van der Waals surface area contributed by atoms with Crippen LogP contribution in [0.5, 0.6) is 0 Å². The second-order valence-corrected chi connectivity index (χ2v) is 40.0. The molecule has 0 amide bonds. The van der Waals surface area contributed by atoms with E-state index in [0.717, 1.165) is 140 Å². The molecule has 129 heavy (non-hydrogen) atoms. The van der Waals surface area contributed by atoms with Gasteiger partial charge < -0.3 is 21.3 Å². The van der Waals surface area contributed by atoms with E-state index in [-0.39, 0.29) is 49.6 Å². The predicted molar refractivity (Wildman–Crippen MR) is 483 cm³/mol. The number of primary sulfonamides is 4. The van der Waals surface area contributed by atoms with E-state index in [1.165, 1.54) is 91.5 Å². The summed E-state index contributed by atoms with van der Waals surface area (Å²) in [6.45, 7) is 8.55. The van der Waals surface area contributed by atoms with Gasteiger partial charge in [0.2, 0.25) is 41.7 Å². The number of nitrogens with zero attached hydrogens (tertiary/aromatic N) is 24. The maximum atomic E-state index is 15.6. The number of hydrogen-bond acceptors (Lipinski definition) is 32. The third kappa shape index (κ3) is 16.5. The van der Waals surface area contributed by atoms with Crippen LogP contribution in [0.1, 0.15) is 169 Å². The zero-order valence-corrected chi connectivity index (χ0v) is 74.3. The van der Waals surface area contributed by atoms with Crippen molar-refractivity contribution < 1.29 is 46.8 Å². The number of halogens is 3. The van der Waals surface area contributed by atoms with Crippen molar-refractivity contribution in [1.82, 2.24) is 78.1 Å². The summed E-state index contributed by atoms with van der Waals surface area (Å²) in [7, 11) is -13.8. The molecule has 0 atom stereocenters. The van der Waals surface area contributed by atoms with Crippen molar-refractivity contribution in [1.29, 1.82) is 0 Å². The Hall–Kier alpha value is -12.4. The largest absolute Gasteiger partial charge is 0.323 e. The molecule has 12 aromatic heterocycles. The summed E-state index contributed by atoms with van der Waals surface area (Å²) in [5, 5.41) is 60.0. The van der Waals surface area contributed by atoms with Gasteiger partial charge in [-0.15, -0.1) is 15.3 Å². The van der Waals surface area contributed by atoms with Crippen LogP contribution in [0.2, 0.25) is 0 Å². The molecular weight excluding hydrogens is 1750 g/mol. The van der Waals surface area contributed by atoms with E-state index in [1.807, 2.05) is 58.9 Å². The molecule has 676 valence electrons. The molecule has 12 aromatic rings. The van der Waals surface area contributed by atoms with Crippen molar-refractivity contribution >= 4 is 178 Å². The Balaban J connectivity index is 0.000000116. The van der Waals surface area contributed by atoms with Gasteiger partial charge in [-0.05, 0) is 165 Å². The topological polar surface area (TPSA) is 526 Å². The summed E-state index contributed by atoms with van der Waals surface area (Å²) < 4.78 is 146. The van der Waals surface area contributed by atoms with Gasteiger partial charge in [0.1, 0.15) is 62.5 Å². The van der Waals surface area contributed by atoms with Crippen LogP contribution >= 0.6 is 0 Å². The second-order valence-electron chi connectivity index (χ2n) is 33.9. The highest BCUT2D eigenvalue weighted by Gasteiger charge is 2.51. The van der Waals surface area contributed by atoms with E-state index >= 15 is 13.2 Å². The molecule has 12 N–H and O–H groups in total. The lowest BCUT2D eigenvalue weighted by molar-refractivity contribution is 0.261. The van der Waals surface area contributed by atoms with Gasteiger partial charge in [-0.1, -0.05) is 77.0 Å². The first-order valence-electron chi connectivity index (χ1n) is 42.6. The van der Waals surface area contributed by atoms with Crippen LogP contribution < -0.4 is 61.9 Å². The van der Waals surface area contributed by atoms with Crippen molar-refractivity contribution in [2.75, 3.05) is 54.9 Å². The molecule has 4 spiro atoms. The van der Waals surface area contributed by atoms with Crippen LogP contribution in [0, 0.1) is 0 Å². The van der Waals surface area contributed by atoms with E-state index in [1.54, 1.807) is 41.7 Å². The molecular formula is C82H95F3N32O8S4. The van der Waals surface area contributed by atoms with Crippen LogP contribution in [0.25, 0.3) is 44.1 Å². The number of rotatable bonds is 15. The number of fused-ring (bicyclic) bond motifs is 16. The van der Waals surface area contributed by atoms with Crippen LogP contribution in [0.3, 0.4) is 0 Å². The van der Waals surface area contributed by atoms with E-state index in [9.17, 15) is 33.7 Å². The van der Waals surface area contributed by atoms with Crippen LogP contribution in [-0.4, -0.2) is 161 Å². The molecule has 40 nitrogen and oxygen atoms in total. The van der Waals surface area contributed by atoms with Gasteiger partial charge in [0.05, 0.1) is 64.8 Å². The molecule has 5 aliphatic carbocycles. The first-order chi connectivity index (χ1) is 61.6. The van der Waals surface area contributed by atoms with Gasteiger partial charge in [-0.3, -0.25) is 18.3 Å². The van der Waals surface area contributed by atoms with Gasteiger partial charge >= 0.3 is 0 Å². The standard InChI is InChI=1S/C22H26N8O2S.C21H25FN8O2S.C20H23FN8O2S.C19H21FN8O2S/c1-14-22(9-3-2-4-10-22)29-19(30(28-14)17-6-7-17)11-15-12-25-21(27-20(15)29)26-16-5-8-18(24-13-16)33(23,31)32;1-13(2)30-17-10-14-11-25-20(26-15-6-7-16(24-12-15)33(23,31)32)27-18(14)29(17)21(19(22)28-30)8-4-3-5-9-21;1-2-28-16-10-13-11-24-19(25-14-6-7-15(23-12-14)32(22,30)31)26-17(13)29(16)20(18(21)27-28)8-4-3-5-9-20;1-27-15-9-12-10-23-18(24-13-5-6-14(22-11-13)31(21,29)30)25-16(12)28(15)19(17(20)26-27)7-3-2-4-8-19/h5,8,11-13,17H,2-4,6-7,9-10H2,1H3,(H2,23,31,32)(H,25,26,27);6-7,10-13H,3-5,8-9H2,1-2H3,(H2,23,31,32)(H,25,26,27);6-7,10-12H,2-5,8-9H2,1H3,(H2,22,30,31)(H,24,25,26);5-6,9-11H,2-4,7-8H2,1H3,(H2,21,29,30)(H,23,24,25). The number of sulfonamides is 4. The molecule has 0 aromatic carbocycles. The maximum Gasteiger partial charge on any atom is 0.255 e. The van der Waals surface area contributed by atoms with Crippen LogP contribution in [-0.2, 0) is 62.2 Å². The number of nitrogens with two attached hydrogens (primary N) is 4. The van der Waals surface area contributed by atoms with E-state index in [2.05, 4.69) is 109 Å². The zero-order chi connectivity index (χ0) is 90.5. The van der Waals surface area contributed by atoms with Crippen molar-refractivity contribution in [2.45, 2.75) is 223 Å². The minimum Gasteiger partial charge on any atom is -0.323 e. The monoisotopic (exact) mass is 1840 g/mol. The Morgan fingerprint density at radius 1 is 0.388 bits per heavy atom. The molecule has 9 aliphatic rings. The highest BCUT2D eigenvalue weighted by Crippen LogP contribution is 2.52. The Bertz CT molecular complexity index is 6790. The SMILES string of the molecule is CC(C)N1N=C(F)C2(CCCCC2)n2c1cc1cnc(Nc3ccc(S(N)(=O)=O)nc3)nc12.CC1=NN(C2CC2)c2cc3cnc(Nc4ccc(S(N)(=O)=O)nc4)nc3n2C12CCCCC2.CCN1N=C(F)C2(CCCCC2)n2c1cc1cnc(Nc3ccc(S(N)(=O)=O)nc3)nc12.CN1N=C(F)C2(CCCCC2)n2c1cc1cnc(Nc3ccc(S(N)(=O)=O)nc3)nc12. The fourth-order valence-electron chi connectivity index (χ4n) is 18.7. The van der Waals surface area contributed by atoms with E-state index < -0.39 is 62.7 Å². The fraction of sp³-hybridized carbons (Fsp3) is 0.415. The van der Waals surface area contributed by atoms with Crippen molar-refractivity contribution in [3.8, 4) is 0 Å². The zero-order valence-electron chi connectivity index (χ0n) is 71.0. The average molecular weight is 1840 g/mol. The molecule has 0 unspecified atom stereocenters. The van der Waals surface area contributed by atoms with Gasteiger partial charge in [0, 0.05) is 66.0 Å². The summed E-state index contributed by atoms with van der Waals surface area (Å²) in [6.07, 6.45) is 33.1. The summed E-state index contributed by atoms with van der Waals surface area (Å²) >= 11 is 0. The highest BCUT2D eigenvalue weighted by molar-refractivity contribution is 7.89. The number of hydrazone groups is 4. The molecule has 21 rings (SSSR count). The Labute approximate surface area is 739 Å². The Morgan fingerprint density at radius 2 is 0.690 bits per heavy atom. The molecule has 0 saturated heterocycles. The summed E-state index contributed by atoms with van der Waals surface area (Å²) in [5.74, 6) is 3.62. The lowest BCUT2D eigenvalue weighted by Crippen LogP contribution is -2.48. The molecule has 5 saturated carbocycles. The molecule has 4 aliphatic heterocycles. The number of hydrogen-bond donors (Lipinski definition) is 8. The molecule has 16 heterocycles. The minimum atomic E-state index is -3.88. The van der Waals surface area contributed by atoms with Gasteiger partial charge in [-0.25, -0.2) is 114 Å². The average Bonchev–Trinajstić information content (AvgIpc) is 1.58. The van der Waals surface area contributed by atoms with E-state index in [0.29, 0.717) is 109 Å². The Morgan fingerprint density at radius 3 is 1.02 bits per heavy atom. The lowest BCUT2D eigenvalue weighted by Gasteiger charge is -2.44. The number of aromatic nitrogens is 16. The second kappa shape index (κ2) is 33.6. The van der Waals surface area contributed by atoms with Crippen molar-refractivity contribution in [2.24, 2.45) is 41.0 Å². The molecule has 5 fully saturated rings. The lowest BCUT2D eigenvalue weighted by atomic mass is 9.78. The fourth-order valence-corrected chi connectivity index (χ4v) is 20.6. The maximum absolute atomic E-state index is 15.6. The van der Waals surface area contributed by atoms with Gasteiger partial charge in [-0.2, -0.15) is 38.2 Å². The third-order valence-electron chi connectivity index (χ3n) is 25.1. The first kappa shape index (κ1) is 87.3. The summed E-state index contributed by atoms with van der Waals surface area (Å²) in [4.78, 5) is 52.0. The quantitative estimate of drug-likeness (QED) is 0.0472. The molecule has 0 bridgehead atoms. The van der Waals surface area contributed by atoms with Crippen LogP contribution in [0.4, 0.5) is 83.0 Å². The Kier molecular flexibility index (Phi) is 22.7. The number of pyridine rings is 4. The smallest absolute Gasteiger partial charge is 0.255 e. The summed E-state index contributed by atoms with van der Waals surface area (Å²) in [5.41, 5.74) is 3.33. The molecule has 0 radical (unpaired) electrons. The van der Waals surface area contributed by atoms with Crippen LogP contribution in [0.15, 0.2) is 163 Å². The first-order valence-corrected chi connectivity index (χ1v) is 48.8. The number of anilines is 12. The van der Waals surface area contributed by atoms with Crippen molar-refractivity contribution in [3.05, 3.63) is 122 Å².